The van der Waals surface area contributed by atoms with E-state index in [1.807, 2.05) is 0 Å². The van der Waals surface area contributed by atoms with Crippen LogP contribution in [0, 0.1) is 10.1 Å². The minimum atomic E-state index is -0.420. The molecule has 1 aromatic heterocycles. The van der Waals surface area contributed by atoms with E-state index in [0.29, 0.717) is 10.9 Å². The van der Waals surface area contributed by atoms with Crippen LogP contribution < -0.4 is 0 Å². The molecule has 0 fully saturated rings. The minimum Gasteiger partial charge on any atom is -0.344 e. The Morgan fingerprint density at radius 2 is 2.25 bits per heavy atom. The van der Waals surface area contributed by atoms with Gasteiger partial charge in [0.05, 0.1) is 22.0 Å². The van der Waals surface area contributed by atoms with Gasteiger partial charge in [-0.15, -0.1) is 0 Å². The van der Waals surface area contributed by atoms with E-state index < -0.39 is 4.92 Å². The fraction of sp³-hybridized carbons (Fsp3) is 0.182. The van der Waals surface area contributed by atoms with Gasteiger partial charge in [0.2, 0.25) is 0 Å². The van der Waals surface area contributed by atoms with Crippen LogP contribution in [0.25, 0.3) is 10.9 Å². The molecule has 0 spiro atoms. The number of hydrogen-bond acceptors (Lipinski definition) is 3. The average molecular weight is 218 g/mol. The Morgan fingerprint density at radius 1 is 1.50 bits per heavy atom. The zero-order chi connectivity index (χ0) is 11.7. The molecule has 0 aliphatic carbocycles. The second-order valence-corrected chi connectivity index (χ2v) is 3.56. The third-order valence-corrected chi connectivity index (χ3v) is 2.58. The summed E-state index contributed by atoms with van der Waals surface area (Å²) in [5.74, 6) is 0. The Morgan fingerprint density at radius 3 is 2.88 bits per heavy atom. The number of carbonyl (C=O) groups excluding carboxylic acids is 1. The summed E-state index contributed by atoms with van der Waals surface area (Å²) >= 11 is 0. The van der Waals surface area contributed by atoms with Gasteiger partial charge < -0.3 is 9.36 Å². The van der Waals surface area contributed by atoms with Crippen LogP contribution in [0.2, 0.25) is 0 Å². The van der Waals surface area contributed by atoms with Crippen molar-refractivity contribution in [3.63, 3.8) is 0 Å². The molecule has 5 nitrogen and oxygen atoms in total. The van der Waals surface area contributed by atoms with Crippen molar-refractivity contribution in [3.8, 4) is 0 Å². The van der Waals surface area contributed by atoms with Gasteiger partial charge in [-0.1, -0.05) is 12.1 Å². The number of fused-ring (bicyclic) bond motifs is 1. The SMILES string of the molecule is Cn1cc([N+](=O)[O-])c2c(CC=O)cccc21. The van der Waals surface area contributed by atoms with E-state index in [9.17, 15) is 14.9 Å². The number of nitrogens with zero attached hydrogens (tertiary/aromatic N) is 2. The summed E-state index contributed by atoms with van der Waals surface area (Å²) in [6.07, 6.45) is 2.42. The highest BCUT2D eigenvalue weighted by molar-refractivity contribution is 5.93. The summed E-state index contributed by atoms with van der Waals surface area (Å²) in [5, 5.41) is 11.4. The molecule has 16 heavy (non-hydrogen) atoms. The number of benzene rings is 1. The molecule has 82 valence electrons. The van der Waals surface area contributed by atoms with Gasteiger partial charge in [0.1, 0.15) is 6.29 Å². The molecule has 2 aromatic rings. The summed E-state index contributed by atoms with van der Waals surface area (Å²) < 4.78 is 1.70. The smallest absolute Gasteiger partial charge is 0.295 e. The van der Waals surface area contributed by atoms with Crippen molar-refractivity contribution < 1.29 is 9.72 Å². The molecule has 0 atom stereocenters. The Bertz CT molecular complexity index is 572. The Hall–Kier alpha value is -2.17. The molecule has 0 radical (unpaired) electrons. The summed E-state index contributed by atoms with van der Waals surface area (Å²) in [5.41, 5.74) is 1.51. The van der Waals surface area contributed by atoms with Crippen molar-refractivity contribution >= 4 is 22.9 Å². The maximum Gasteiger partial charge on any atom is 0.295 e. The Labute approximate surface area is 91.4 Å². The normalized spacial score (nSPS) is 10.6. The molecule has 0 aliphatic heterocycles. The van der Waals surface area contributed by atoms with Crippen LogP contribution in [0.5, 0.6) is 0 Å². The molecular weight excluding hydrogens is 208 g/mol. The average Bonchev–Trinajstić information content (AvgIpc) is 2.58. The molecule has 5 heteroatoms. The van der Waals surface area contributed by atoms with Crippen LogP contribution >= 0.6 is 0 Å². The zero-order valence-corrected chi connectivity index (χ0v) is 8.71. The molecule has 1 heterocycles. The van der Waals surface area contributed by atoms with Crippen molar-refractivity contribution in [1.29, 1.82) is 0 Å². The lowest BCUT2D eigenvalue weighted by Crippen LogP contribution is -1.91. The molecule has 0 bridgehead atoms. The maximum atomic E-state index is 10.9. The lowest BCUT2D eigenvalue weighted by atomic mass is 10.1. The monoisotopic (exact) mass is 218 g/mol. The first kappa shape index (κ1) is 10.4. The van der Waals surface area contributed by atoms with Gasteiger partial charge in [-0.05, 0) is 11.6 Å². The van der Waals surface area contributed by atoms with Gasteiger partial charge in [0.25, 0.3) is 5.69 Å². The van der Waals surface area contributed by atoms with Gasteiger partial charge in [-0.25, -0.2) is 0 Å². The predicted octanol–water partition coefficient (Wildman–Crippen LogP) is 1.83. The summed E-state index contributed by atoms with van der Waals surface area (Å²) in [7, 11) is 1.75. The van der Waals surface area contributed by atoms with Gasteiger partial charge >= 0.3 is 0 Å². The van der Waals surface area contributed by atoms with Gasteiger partial charge in [-0.3, -0.25) is 10.1 Å². The van der Waals surface area contributed by atoms with Crippen molar-refractivity contribution in [1.82, 2.24) is 4.57 Å². The van der Waals surface area contributed by atoms with E-state index in [-0.39, 0.29) is 12.1 Å². The van der Waals surface area contributed by atoms with E-state index in [0.717, 1.165) is 11.8 Å². The molecule has 1 aromatic carbocycles. The van der Waals surface area contributed by atoms with Crippen molar-refractivity contribution in [2.24, 2.45) is 7.05 Å². The molecule has 2 rings (SSSR count). The number of aryl methyl sites for hydroxylation is 1. The van der Waals surface area contributed by atoms with E-state index in [1.54, 1.807) is 29.8 Å². The minimum absolute atomic E-state index is 0.0509. The number of rotatable bonds is 3. The topological polar surface area (TPSA) is 65.1 Å². The quantitative estimate of drug-likeness (QED) is 0.448. The van der Waals surface area contributed by atoms with Crippen LogP contribution in [-0.4, -0.2) is 15.8 Å². The van der Waals surface area contributed by atoms with Crippen LogP contribution in [0.15, 0.2) is 24.4 Å². The molecular formula is C11H10N2O3. The van der Waals surface area contributed by atoms with Crippen molar-refractivity contribution in [2.75, 3.05) is 0 Å². The number of nitro groups is 1. The first-order valence-electron chi connectivity index (χ1n) is 4.80. The van der Waals surface area contributed by atoms with E-state index in [2.05, 4.69) is 0 Å². The number of aldehydes is 1. The summed E-state index contributed by atoms with van der Waals surface area (Å²) in [4.78, 5) is 21.0. The third-order valence-electron chi connectivity index (χ3n) is 2.58. The largest absolute Gasteiger partial charge is 0.344 e. The van der Waals surface area contributed by atoms with Gasteiger partial charge in [0, 0.05) is 13.5 Å². The number of carbonyl (C=O) groups is 1. The van der Waals surface area contributed by atoms with Crippen molar-refractivity contribution in [2.45, 2.75) is 6.42 Å². The summed E-state index contributed by atoms with van der Waals surface area (Å²) in [6, 6.07) is 5.34. The molecule has 0 N–H and O–H groups in total. The van der Waals surface area contributed by atoms with E-state index in [1.165, 1.54) is 6.20 Å². The number of aromatic nitrogens is 1. The highest BCUT2D eigenvalue weighted by Crippen LogP contribution is 2.30. The van der Waals surface area contributed by atoms with Gasteiger partial charge in [-0.2, -0.15) is 0 Å². The maximum absolute atomic E-state index is 10.9. The lowest BCUT2D eigenvalue weighted by molar-refractivity contribution is -0.383. The fourth-order valence-corrected chi connectivity index (χ4v) is 1.89. The highest BCUT2D eigenvalue weighted by atomic mass is 16.6. The van der Waals surface area contributed by atoms with E-state index in [4.69, 9.17) is 0 Å². The van der Waals surface area contributed by atoms with Gasteiger partial charge in [0.15, 0.2) is 0 Å². The molecule has 0 aliphatic rings. The lowest BCUT2D eigenvalue weighted by Gasteiger charge is -1.99. The van der Waals surface area contributed by atoms with Crippen LogP contribution in [0.1, 0.15) is 5.56 Å². The second kappa shape index (κ2) is 3.77. The molecule has 0 saturated carbocycles. The third kappa shape index (κ3) is 1.46. The summed E-state index contributed by atoms with van der Waals surface area (Å²) in [6.45, 7) is 0. The Balaban J connectivity index is 2.82. The second-order valence-electron chi connectivity index (χ2n) is 3.56. The first-order chi connectivity index (χ1) is 7.65. The highest BCUT2D eigenvalue weighted by Gasteiger charge is 2.18. The zero-order valence-electron chi connectivity index (χ0n) is 8.71. The Kier molecular flexibility index (Phi) is 2.44. The molecule has 0 amide bonds. The standard InChI is InChI=1S/C11H10N2O3/c1-12-7-10(13(15)16)11-8(5-6-14)3-2-4-9(11)12/h2-4,6-7H,5H2,1H3. The fourth-order valence-electron chi connectivity index (χ4n) is 1.89. The van der Waals surface area contributed by atoms with Crippen LogP contribution in [-0.2, 0) is 18.3 Å². The first-order valence-corrected chi connectivity index (χ1v) is 4.80. The van der Waals surface area contributed by atoms with Crippen molar-refractivity contribution in [3.05, 3.63) is 40.1 Å². The molecule has 0 saturated heterocycles. The predicted molar refractivity (Wildman–Crippen MR) is 59.3 cm³/mol. The van der Waals surface area contributed by atoms with E-state index >= 15 is 0 Å². The van der Waals surface area contributed by atoms with Crippen LogP contribution in [0.4, 0.5) is 5.69 Å². The number of hydrogen-bond donors (Lipinski definition) is 0. The molecule has 0 unspecified atom stereocenters. The van der Waals surface area contributed by atoms with Crippen LogP contribution in [0.3, 0.4) is 0 Å².